The first kappa shape index (κ1) is 21.1. The van der Waals surface area contributed by atoms with Crippen molar-refractivity contribution in [2.45, 2.75) is 18.9 Å². The molecule has 9 heteroatoms. The van der Waals surface area contributed by atoms with Gasteiger partial charge < -0.3 is 9.80 Å². The molecule has 0 N–H and O–H groups in total. The third-order valence-electron chi connectivity index (χ3n) is 5.27. The van der Waals surface area contributed by atoms with Crippen molar-refractivity contribution in [3.8, 4) is 0 Å². The summed E-state index contributed by atoms with van der Waals surface area (Å²) in [6.45, 7) is 6.27. The second kappa shape index (κ2) is 8.91. The molecule has 0 aliphatic carbocycles. The fraction of sp³-hybridized carbons (Fsp3) is 0.333. The molecular weight excluding hydrogens is 440 g/mol. The van der Waals surface area contributed by atoms with E-state index in [0.717, 1.165) is 15.2 Å². The van der Waals surface area contributed by atoms with Crippen LogP contribution in [0.1, 0.15) is 20.8 Å². The summed E-state index contributed by atoms with van der Waals surface area (Å²) in [4.78, 5) is 39.9. The van der Waals surface area contributed by atoms with E-state index in [1.165, 1.54) is 22.2 Å². The van der Waals surface area contributed by atoms with Gasteiger partial charge in [0.25, 0.3) is 5.91 Å². The second-order valence-electron chi connectivity index (χ2n) is 7.11. The van der Waals surface area contributed by atoms with Gasteiger partial charge in [0, 0.05) is 47.0 Å². The van der Waals surface area contributed by atoms with Crippen molar-refractivity contribution in [1.29, 1.82) is 0 Å². The maximum atomic E-state index is 12.7. The maximum Gasteiger partial charge on any atom is 0.253 e. The van der Waals surface area contributed by atoms with Gasteiger partial charge in [-0.05, 0) is 43.7 Å². The van der Waals surface area contributed by atoms with E-state index in [-0.39, 0.29) is 11.8 Å². The van der Waals surface area contributed by atoms with E-state index in [0.29, 0.717) is 42.5 Å². The number of benzene rings is 1. The van der Waals surface area contributed by atoms with Gasteiger partial charge in [0.05, 0.1) is 5.75 Å². The zero-order valence-electron chi connectivity index (χ0n) is 16.7. The number of amides is 2. The van der Waals surface area contributed by atoms with Crippen LogP contribution in [-0.2, 0) is 4.79 Å². The molecule has 30 heavy (non-hydrogen) atoms. The highest BCUT2D eigenvalue weighted by Gasteiger charge is 2.25. The van der Waals surface area contributed by atoms with Crippen LogP contribution in [0.2, 0.25) is 5.02 Å². The highest BCUT2D eigenvalue weighted by atomic mass is 35.5. The van der Waals surface area contributed by atoms with Crippen LogP contribution in [0.5, 0.6) is 0 Å². The number of thioether (sulfide) groups is 1. The van der Waals surface area contributed by atoms with Crippen molar-refractivity contribution in [3.63, 3.8) is 0 Å². The van der Waals surface area contributed by atoms with Crippen LogP contribution in [-0.4, -0.2) is 63.5 Å². The number of hydrogen-bond donors (Lipinski definition) is 0. The third kappa shape index (κ3) is 4.31. The fourth-order valence-electron chi connectivity index (χ4n) is 3.41. The van der Waals surface area contributed by atoms with Gasteiger partial charge in [0.2, 0.25) is 5.91 Å². The summed E-state index contributed by atoms with van der Waals surface area (Å²) in [6.07, 6.45) is 1.56. The Hall–Kier alpha value is -2.16. The molecular formula is C21H21ClN4O2S2. The lowest BCUT2D eigenvalue weighted by molar-refractivity contribution is -0.129. The first-order valence-electron chi connectivity index (χ1n) is 9.60. The van der Waals surface area contributed by atoms with Crippen molar-refractivity contribution in [2.75, 3.05) is 31.9 Å². The minimum absolute atomic E-state index is 0.0279. The average Bonchev–Trinajstić information content (AvgIpc) is 3.06. The van der Waals surface area contributed by atoms with Gasteiger partial charge in [0.1, 0.15) is 16.2 Å². The monoisotopic (exact) mass is 460 g/mol. The zero-order chi connectivity index (χ0) is 21.3. The number of thiophene rings is 1. The van der Waals surface area contributed by atoms with Crippen molar-refractivity contribution in [1.82, 2.24) is 19.8 Å². The Morgan fingerprint density at radius 1 is 1.07 bits per heavy atom. The van der Waals surface area contributed by atoms with Crippen molar-refractivity contribution in [2.24, 2.45) is 0 Å². The molecule has 1 aliphatic heterocycles. The number of hydrogen-bond acceptors (Lipinski definition) is 6. The Labute approximate surface area is 188 Å². The van der Waals surface area contributed by atoms with Crippen LogP contribution < -0.4 is 0 Å². The molecule has 3 aromatic rings. The van der Waals surface area contributed by atoms with Crippen molar-refractivity contribution in [3.05, 3.63) is 51.6 Å². The molecule has 6 nitrogen and oxygen atoms in total. The normalized spacial score (nSPS) is 14.4. The van der Waals surface area contributed by atoms with Crippen molar-refractivity contribution >= 4 is 56.7 Å². The summed E-state index contributed by atoms with van der Waals surface area (Å²) in [7, 11) is 0. The number of aromatic nitrogens is 2. The second-order valence-corrected chi connectivity index (χ2v) is 9.71. The van der Waals surface area contributed by atoms with E-state index in [1.807, 2.05) is 4.90 Å². The SMILES string of the molecule is Cc1sc2ncnc(SCC(=O)N3CCN(C(=O)c4ccc(Cl)cc4)CC3)c2c1C. The number of fused-ring (bicyclic) bond motifs is 1. The molecule has 1 aliphatic rings. The van der Waals surface area contributed by atoms with E-state index >= 15 is 0 Å². The van der Waals surface area contributed by atoms with Crippen molar-refractivity contribution < 1.29 is 9.59 Å². The number of rotatable bonds is 4. The van der Waals surface area contributed by atoms with E-state index in [1.54, 1.807) is 46.8 Å². The summed E-state index contributed by atoms with van der Waals surface area (Å²) < 4.78 is 0. The molecule has 0 radical (unpaired) electrons. The first-order chi connectivity index (χ1) is 14.4. The quantitative estimate of drug-likeness (QED) is 0.434. The molecule has 2 aromatic heterocycles. The molecule has 2 amide bonds. The predicted molar refractivity (Wildman–Crippen MR) is 122 cm³/mol. The molecule has 156 valence electrons. The zero-order valence-corrected chi connectivity index (χ0v) is 19.1. The molecule has 0 saturated carbocycles. The summed E-state index contributed by atoms with van der Waals surface area (Å²) in [5.41, 5.74) is 1.80. The molecule has 1 saturated heterocycles. The van der Waals surface area contributed by atoms with Gasteiger partial charge in [0.15, 0.2) is 0 Å². The predicted octanol–water partition coefficient (Wildman–Crippen LogP) is 4.04. The Morgan fingerprint density at radius 2 is 1.73 bits per heavy atom. The number of aryl methyl sites for hydroxylation is 2. The molecule has 3 heterocycles. The lowest BCUT2D eigenvalue weighted by Gasteiger charge is -2.34. The minimum atomic E-state index is -0.0279. The van der Waals surface area contributed by atoms with Gasteiger partial charge in [-0.2, -0.15) is 0 Å². The molecule has 0 unspecified atom stereocenters. The largest absolute Gasteiger partial charge is 0.338 e. The molecule has 1 aromatic carbocycles. The van der Waals surface area contributed by atoms with E-state index < -0.39 is 0 Å². The Morgan fingerprint density at radius 3 is 2.43 bits per heavy atom. The molecule has 0 bridgehead atoms. The summed E-state index contributed by atoms with van der Waals surface area (Å²) in [6, 6.07) is 6.89. The number of carbonyl (C=O) groups is 2. The van der Waals surface area contributed by atoms with E-state index in [2.05, 4.69) is 23.8 Å². The smallest absolute Gasteiger partial charge is 0.253 e. The number of piperazine rings is 1. The number of carbonyl (C=O) groups excluding carboxylic acids is 2. The minimum Gasteiger partial charge on any atom is -0.338 e. The van der Waals surface area contributed by atoms with Gasteiger partial charge in [-0.25, -0.2) is 9.97 Å². The van der Waals surface area contributed by atoms with Gasteiger partial charge in [-0.3, -0.25) is 9.59 Å². The van der Waals surface area contributed by atoms with Crippen LogP contribution in [0.15, 0.2) is 35.6 Å². The third-order valence-corrected chi connectivity index (χ3v) is 7.62. The Bertz CT molecular complexity index is 1090. The van der Waals surface area contributed by atoms with E-state index in [4.69, 9.17) is 11.6 Å². The van der Waals surface area contributed by atoms with Crippen LogP contribution in [0.4, 0.5) is 0 Å². The Balaban J connectivity index is 1.34. The lowest BCUT2D eigenvalue weighted by Crippen LogP contribution is -2.51. The average molecular weight is 461 g/mol. The molecule has 0 atom stereocenters. The topological polar surface area (TPSA) is 66.4 Å². The fourth-order valence-corrected chi connectivity index (χ4v) is 5.56. The standard InChI is InChI=1S/C21H21ClN4O2S2/c1-13-14(2)30-20-18(13)19(23-12-24-20)29-11-17(27)25-7-9-26(10-8-25)21(28)15-3-5-16(22)6-4-15/h3-6,12H,7-11H2,1-2H3. The summed E-state index contributed by atoms with van der Waals surface area (Å²) >= 11 is 9.00. The van der Waals surface area contributed by atoms with Crippen LogP contribution >= 0.6 is 34.7 Å². The van der Waals surface area contributed by atoms with Crippen LogP contribution in [0.3, 0.4) is 0 Å². The highest BCUT2D eigenvalue weighted by Crippen LogP contribution is 2.34. The maximum absolute atomic E-state index is 12.7. The van der Waals surface area contributed by atoms with Gasteiger partial charge in [-0.1, -0.05) is 23.4 Å². The molecule has 1 fully saturated rings. The lowest BCUT2D eigenvalue weighted by atomic mass is 10.2. The number of halogens is 1. The molecule has 0 spiro atoms. The van der Waals surface area contributed by atoms with Gasteiger partial charge >= 0.3 is 0 Å². The number of nitrogens with zero attached hydrogens (tertiary/aromatic N) is 4. The first-order valence-corrected chi connectivity index (χ1v) is 11.8. The Kier molecular flexibility index (Phi) is 6.26. The van der Waals surface area contributed by atoms with Gasteiger partial charge in [-0.15, -0.1) is 11.3 Å². The summed E-state index contributed by atoms with van der Waals surface area (Å²) in [5.74, 6) is 0.362. The summed E-state index contributed by atoms with van der Waals surface area (Å²) in [5, 5.41) is 2.51. The molecule has 4 rings (SSSR count). The van der Waals surface area contributed by atoms with Crippen LogP contribution in [0, 0.1) is 13.8 Å². The van der Waals surface area contributed by atoms with E-state index in [9.17, 15) is 9.59 Å². The van der Waals surface area contributed by atoms with Crippen LogP contribution in [0.25, 0.3) is 10.2 Å². The highest BCUT2D eigenvalue weighted by molar-refractivity contribution is 8.00.